The van der Waals surface area contributed by atoms with Crippen LogP contribution in [-0.4, -0.2) is 21.7 Å². The van der Waals surface area contributed by atoms with Crippen molar-refractivity contribution in [3.8, 4) is 0 Å². The maximum absolute atomic E-state index is 10.9. The Morgan fingerprint density at radius 2 is 2.24 bits per heavy atom. The number of primary amides is 1. The fraction of sp³-hybridized carbons (Fsp3) is 0.636. The van der Waals surface area contributed by atoms with E-state index < -0.39 is 0 Å². The van der Waals surface area contributed by atoms with Gasteiger partial charge < -0.3 is 11.1 Å². The molecule has 96 valence electrons. The molecule has 1 heterocycles. The van der Waals surface area contributed by atoms with Gasteiger partial charge in [-0.1, -0.05) is 18.5 Å². The quantitative estimate of drug-likeness (QED) is 0.802. The summed E-state index contributed by atoms with van der Waals surface area (Å²) >= 11 is 6.23. The summed E-state index contributed by atoms with van der Waals surface area (Å²) in [5, 5.41) is 8.11. The largest absolute Gasteiger partial charge is 0.368 e. The van der Waals surface area contributed by atoms with Crippen LogP contribution in [0.2, 0.25) is 5.02 Å². The second kappa shape index (κ2) is 6.02. The van der Waals surface area contributed by atoms with Crippen LogP contribution in [0.25, 0.3) is 0 Å². The van der Waals surface area contributed by atoms with Gasteiger partial charge in [0.05, 0.1) is 22.5 Å². The zero-order valence-corrected chi connectivity index (χ0v) is 11.2. The number of halogens is 1. The van der Waals surface area contributed by atoms with Gasteiger partial charge in [0.25, 0.3) is 0 Å². The highest BCUT2D eigenvalue weighted by atomic mass is 35.5. The maximum atomic E-state index is 10.9. The lowest BCUT2D eigenvalue weighted by Gasteiger charge is -2.11. The van der Waals surface area contributed by atoms with Crippen molar-refractivity contribution in [2.45, 2.75) is 46.3 Å². The molecular formula is C11H19ClN4O. The van der Waals surface area contributed by atoms with Gasteiger partial charge in [0, 0.05) is 13.1 Å². The van der Waals surface area contributed by atoms with Crippen molar-refractivity contribution in [2.75, 3.05) is 0 Å². The standard InChI is InChI=1S/C11H19ClN4O/c1-4-8-10(12)9(16(5-2)15-8)6-14-7(3)11(13)17/h7,14H,4-6H2,1-3H3,(H2,13,17). The Morgan fingerprint density at radius 3 is 2.71 bits per heavy atom. The molecule has 1 unspecified atom stereocenters. The predicted octanol–water partition coefficient (Wildman–Crippen LogP) is 1.08. The lowest BCUT2D eigenvalue weighted by atomic mass is 10.2. The molecule has 0 aliphatic carbocycles. The molecule has 0 saturated heterocycles. The molecule has 1 aromatic heterocycles. The van der Waals surface area contributed by atoms with Crippen LogP contribution in [-0.2, 0) is 24.3 Å². The Labute approximate surface area is 106 Å². The van der Waals surface area contributed by atoms with E-state index in [1.54, 1.807) is 6.92 Å². The fourth-order valence-electron chi connectivity index (χ4n) is 1.54. The number of hydrogen-bond acceptors (Lipinski definition) is 3. The summed E-state index contributed by atoms with van der Waals surface area (Å²) in [5.41, 5.74) is 6.97. The van der Waals surface area contributed by atoms with Gasteiger partial charge in [0.2, 0.25) is 5.91 Å². The molecule has 6 heteroatoms. The van der Waals surface area contributed by atoms with Crippen molar-refractivity contribution < 1.29 is 4.79 Å². The molecule has 0 aliphatic heterocycles. The van der Waals surface area contributed by atoms with Crippen LogP contribution >= 0.6 is 11.6 Å². The zero-order valence-electron chi connectivity index (χ0n) is 10.5. The minimum atomic E-state index is -0.378. The van der Waals surface area contributed by atoms with Crippen molar-refractivity contribution in [1.82, 2.24) is 15.1 Å². The maximum Gasteiger partial charge on any atom is 0.234 e. The highest BCUT2D eigenvalue weighted by Gasteiger charge is 2.15. The fourth-order valence-corrected chi connectivity index (χ4v) is 1.87. The van der Waals surface area contributed by atoms with Gasteiger partial charge in [-0.05, 0) is 20.3 Å². The number of nitrogens with one attached hydrogen (secondary N) is 1. The van der Waals surface area contributed by atoms with Gasteiger partial charge in [-0.2, -0.15) is 5.10 Å². The lowest BCUT2D eigenvalue weighted by molar-refractivity contribution is -0.119. The first-order valence-electron chi connectivity index (χ1n) is 5.77. The Kier molecular flexibility index (Phi) is 4.96. The molecule has 0 aliphatic rings. The van der Waals surface area contributed by atoms with Crippen LogP contribution in [0.15, 0.2) is 0 Å². The van der Waals surface area contributed by atoms with Crippen LogP contribution in [0, 0.1) is 0 Å². The Balaban J connectivity index is 2.82. The Hall–Kier alpha value is -1.07. The molecule has 1 atom stereocenters. The van der Waals surface area contributed by atoms with Crippen LogP contribution in [0.3, 0.4) is 0 Å². The van der Waals surface area contributed by atoms with Gasteiger partial charge in [0.15, 0.2) is 0 Å². The summed E-state index contributed by atoms with van der Waals surface area (Å²) in [6, 6.07) is -0.378. The number of amides is 1. The van der Waals surface area contributed by atoms with Gasteiger partial charge in [0.1, 0.15) is 0 Å². The topological polar surface area (TPSA) is 72.9 Å². The highest BCUT2D eigenvalue weighted by Crippen LogP contribution is 2.21. The van der Waals surface area contributed by atoms with Gasteiger partial charge >= 0.3 is 0 Å². The van der Waals surface area contributed by atoms with Gasteiger partial charge in [-0.15, -0.1) is 0 Å². The van der Waals surface area contributed by atoms with E-state index in [9.17, 15) is 4.79 Å². The van der Waals surface area contributed by atoms with Crippen molar-refractivity contribution in [3.63, 3.8) is 0 Å². The minimum Gasteiger partial charge on any atom is -0.368 e. The molecular weight excluding hydrogens is 240 g/mol. The van der Waals surface area contributed by atoms with E-state index in [0.717, 1.165) is 24.4 Å². The lowest BCUT2D eigenvalue weighted by Crippen LogP contribution is -2.38. The summed E-state index contributed by atoms with van der Waals surface area (Å²) in [6.07, 6.45) is 0.796. The molecule has 3 N–H and O–H groups in total. The summed E-state index contributed by atoms with van der Waals surface area (Å²) in [4.78, 5) is 10.9. The zero-order chi connectivity index (χ0) is 13.0. The average molecular weight is 259 g/mol. The van der Waals surface area contributed by atoms with Crippen molar-refractivity contribution in [3.05, 3.63) is 16.4 Å². The van der Waals surface area contributed by atoms with E-state index in [-0.39, 0.29) is 11.9 Å². The van der Waals surface area contributed by atoms with Crippen LogP contribution in [0.5, 0.6) is 0 Å². The Bertz CT molecular complexity index is 402. The average Bonchev–Trinajstić information content (AvgIpc) is 2.62. The number of hydrogen-bond donors (Lipinski definition) is 2. The number of aryl methyl sites for hydroxylation is 2. The highest BCUT2D eigenvalue weighted by molar-refractivity contribution is 6.31. The SMILES string of the molecule is CCc1nn(CC)c(CNC(C)C(N)=O)c1Cl. The first-order chi connectivity index (χ1) is 8.01. The molecule has 0 radical (unpaired) electrons. The summed E-state index contributed by atoms with van der Waals surface area (Å²) in [5.74, 6) is -0.376. The number of carbonyl (C=O) groups excluding carboxylic acids is 1. The molecule has 5 nitrogen and oxygen atoms in total. The normalized spacial score (nSPS) is 12.7. The predicted molar refractivity (Wildman–Crippen MR) is 67.8 cm³/mol. The van der Waals surface area contributed by atoms with E-state index >= 15 is 0 Å². The summed E-state index contributed by atoms with van der Waals surface area (Å²) in [7, 11) is 0. The second-order valence-electron chi connectivity index (χ2n) is 3.88. The molecule has 0 aromatic carbocycles. The van der Waals surface area contributed by atoms with E-state index in [4.69, 9.17) is 17.3 Å². The molecule has 1 amide bonds. The van der Waals surface area contributed by atoms with E-state index in [1.807, 2.05) is 18.5 Å². The minimum absolute atomic E-state index is 0.376. The summed E-state index contributed by atoms with van der Waals surface area (Å²) < 4.78 is 1.85. The number of rotatable bonds is 6. The molecule has 0 saturated carbocycles. The smallest absolute Gasteiger partial charge is 0.234 e. The molecule has 0 bridgehead atoms. The third-order valence-corrected chi connectivity index (χ3v) is 3.13. The molecule has 0 fully saturated rings. The first-order valence-corrected chi connectivity index (χ1v) is 6.15. The Morgan fingerprint density at radius 1 is 1.59 bits per heavy atom. The van der Waals surface area contributed by atoms with Gasteiger partial charge in [-0.3, -0.25) is 9.48 Å². The molecule has 0 spiro atoms. The van der Waals surface area contributed by atoms with Crippen molar-refractivity contribution >= 4 is 17.5 Å². The van der Waals surface area contributed by atoms with Crippen LogP contribution in [0.4, 0.5) is 0 Å². The number of nitrogens with zero attached hydrogens (tertiary/aromatic N) is 2. The molecule has 17 heavy (non-hydrogen) atoms. The second-order valence-corrected chi connectivity index (χ2v) is 4.26. The van der Waals surface area contributed by atoms with Crippen LogP contribution < -0.4 is 11.1 Å². The van der Waals surface area contributed by atoms with E-state index in [0.29, 0.717) is 11.6 Å². The number of aromatic nitrogens is 2. The molecule has 1 rings (SSSR count). The number of nitrogens with two attached hydrogens (primary N) is 1. The first kappa shape index (κ1) is 14.0. The van der Waals surface area contributed by atoms with Crippen molar-refractivity contribution in [1.29, 1.82) is 0 Å². The van der Waals surface area contributed by atoms with Crippen LogP contribution in [0.1, 0.15) is 32.2 Å². The third-order valence-electron chi connectivity index (χ3n) is 2.70. The van der Waals surface area contributed by atoms with E-state index in [1.165, 1.54) is 0 Å². The van der Waals surface area contributed by atoms with Gasteiger partial charge in [-0.25, -0.2) is 0 Å². The van der Waals surface area contributed by atoms with Crippen molar-refractivity contribution in [2.24, 2.45) is 5.73 Å². The number of carbonyl (C=O) groups is 1. The monoisotopic (exact) mass is 258 g/mol. The summed E-state index contributed by atoms with van der Waals surface area (Å²) in [6.45, 7) is 6.98. The third kappa shape index (κ3) is 3.20. The molecule has 1 aromatic rings. The van der Waals surface area contributed by atoms with E-state index in [2.05, 4.69) is 10.4 Å².